The molecule has 0 fully saturated rings. The molecule has 0 atom stereocenters. The Balaban J connectivity index is 2.24. The number of rotatable bonds is 7. The molecule has 0 saturated heterocycles. The van der Waals surface area contributed by atoms with Crippen LogP contribution < -0.4 is 10.6 Å². The number of anilines is 1. The first-order valence-corrected chi connectivity index (χ1v) is 5.79. The summed E-state index contributed by atoms with van der Waals surface area (Å²) in [5.41, 5.74) is 2.02. The number of nitrogens with one attached hydrogen (secondary N) is 2. The summed E-state index contributed by atoms with van der Waals surface area (Å²) in [6, 6.07) is 3.96. The number of alkyl halides is 1. The van der Waals surface area contributed by atoms with Crippen molar-refractivity contribution >= 4 is 17.3 Å². The zero-order chi connectivity index (χ0) is 10.9. The van der Waals surface area contributed by atoms with Crippen LogP contribution in [0.25, 0.3) is 0 Å². The van der Waals surface area contributed by atoms with Crippen LogP contribution in [-0.4, -0.2) is 25.1 Å². The van der Waals surface area contributed by atoms with Crippen LogP contribution in [0.4, 0.5) is 5.69 Å². The third-order valence-corrected chi connectivity index (χ3v) is 2.41. The Morgan fingerprint density at radius 3 is 2.87 bits per heavy atom. The van der Waals surface area contributed by atoms with Gasteiger partial charge in [-0.25, -0.2) is 0 Å². The van der Waals surface area contributed by atoms with E-state index in [1.54, 1.807) is 6.20 Å². The Kier molecular flexibility index (Phi) is 6.12. The predicted molar refractivity (Wildman–Crippen MR) is 65.4 cm³/mol. The van der Waals surface area contributed by atoms with Crippen LogP contribution >= 0.6 is 11.6 Å². The summed E-state index contributed by atoms with van der Waals surface area (Å²) in [7, 11) is 1.98. The summed E-state index contributed by atoms with van der Waals surface area (Å²) in [4.78, 5) is 4.13. The minimum atomic E-state index is 0.468. The third-order valence-electron chi connectivity index (χ3n) is 2.14. The number of hydrogen-bond donors (Lipinski definition) is 2. The molecule has 0 unspecified atom stereocenters. The van der Waals surface area contributed by atoms with Crippen molar-refractivity contribution in [1.29, 1.82) is 0 Å². The molecule has 0 amide bonds. The van der Waals surface area contributed by atoms with Crippen molar-refractivity contribution in [2.45, 2.75) is 18.7 Å². The normalized spacial score (nSPS) is 10.3. The van der Waals surface area contributed by atoms with E-state index in [1.165, 1.54) is 12.8 Å². The maximum absolute atomic E-state index is 5.70. The number of unbranched alkanes of at least 4 members (excludes halogenated alkanes) is 1. The lowest BCUT2D eigenvalue weighted by Crippen LogP contribution is -2.10. The zero-order valence-corrected chi connectivity index (χ0v) is 9.85. The lowest BCUT2D eigenvalue weighted by Gasteiger charge is -2.06. The number of aromatic nitrogens is 1. The van der Waals surface area contributed by atoms with E-state index in [-0.39, 0.29) is 0 Å². The number of pyridine rings is 1. The maximum Gasteiger partial charge on any atom is 0.0648 e. The van der Waals surface area contributed by atoms with Crippen LogP contribution in [0.2, 0.25) is 0 Å². The van der Waals surface area contributed by atoms with Crippen molar-refractivity contribution in [1.82, 2.24) is 10.3 Å². The molecule has 2 N–H and O–H groups in total. The molecule has 0 aliphatic heterocycles. The maximum atomic E-state index is 5.70. The van der Waals surface area contributed by atoms with E-state index in [2.05, 4.69) is 15.6 Å². The van der Waals surface area contributed by atoms with Gasteiger partial charge in [-0.15, -0.1) is 11.6 Å². The first kappa shape index (κ1) is 12.3. The highest BCUT2D eigenvalue weighted by Gasteiger charge is 1.95. The molecule has 0 bridgehead atoms. The molecule has 84 valence electrons. The van der Waals surface area contributed by atoms with E-state index in [0.29, 0.717) is 5.88 Å². The van der Waals surface area contributed by atoms with Crippen LogP contribution in [0.15, 0.2) is 18.3 Å². The summed E-state index contributed by atoms with van der Waals surface area (Å²) < 4.78 is 0. The van der Waals surface area contributed by atoms with Crippen molar-refractivity contribution in [2.75, 3.05) is 25.5 Å². The highest BCUT2D eigenvalue weighted by atomic mass is 35.5. The van der Waals surface area contributed by atoms with Crippen LogP contribution in [0.1, 0.15) is 18.5 Å². The van der Waals surface area contributed by atoms with Gasteiger partial charge >= 0.3 is 0 Å². The minimum Gasteiger partial charge on any atom is -0.385 e. The fourth-order valence-corrected chi connectivity index (χ4v) is 1.47. The molecule has 0 spiro atoms. The van der Waals surface area contributed by atoms with Crippen molar-refractivity contribution in [2.24, 2.45) is 0 Å². The van der Waals surface area contributed by atoms with E-state index in [1.807, 2.05) is 19.2 Å². The molecule has 0 aliphatic carbocycles. The monoisotopic (exact) mass is 227 g/mol. The van der Waals surface area contributed by atoms with Gasteiger partial charge in [-0.1, -0.05) is 0 Å². The summed E-state index contributed by atoms with van der Waals surface area (Å²) in [6.45, 7) is 2.07. The van der Waals surface area contributed by atoms with Gasteiger partial charge in [-0.3, -0.25) is 4.98 Å². The summed E-state index contributed by atoms with van der Waals surface area (Å²) >= 11 is 5.70. The van der Waals surface area contributed by atoms with Crippen molar-refractivity contribution in [3.8, 4) is 0 Å². The van der Waals surface area contributed by atoms with Crippen LogP contribution in [-0.2, 0) is 5.88 Å². The van der Waals surface area contributed by atoms with Gasteiger partial charge in [0.15, 0.2) is 0 Å². The van der Waals surface area contributed by atoms with Crippen molar-refractivity contribution in [3.05, 3.63) is 24.0 Å². The largest absolute Gasteiger partial charge is 0.385 e. The lowest BCUT2D eigenvalue weighted by atomic mass is 10.3. The second kappa shape index (κ2) is 7.49. The van der Waals surface area contributed by atoms with Gasteiger partial charge in [0.05, 0.1) is 11.6 Å². The first-order valence-electron chi connectivity index (χ1n) is 5.26. The van der Waals surface area contributed by atoms with E-state index >= 15 is 0 Å². The summed E-state index contributed by atoms with van der Waals surface area (Å²) in [6.07, 6.45) is 4.14. The van der Waals surface area contributed by atoms with Gasteiger partial charge in [0.2, 0.25) is 0 Å². The second-order valence-corrected chi connectivity index (χ2v) is 3.67. The molecule has 0 radical (unpaired) electrons. The quantitative estimate of drug-likeness (QED) is 0.554. The van der Waals surface area contributed by atoms with Crippen molar-refractivity contribution < 1.29 is 0 Å². The average molecular weight is 228 g/mol. The van der Waals surface area contributed by atoms with Gasteiger partial charge < -0.3 is 10.6 Å². The number of hydrogen-bond acceptors (Lipinski definition) is 3. The molecular formula is C11H18ClN3. The Bertz CT molecular complexity index is 278. The van der Waals surface area contributed by atoms with Gasteiger partial charge in [0, 0.05) is 18.4 Å². The van der Waals surface area contributed by atoms with Crippen molar-refractivity contribution in [3.63, 3.8) is 0 Å². The Morgan fingerprint density at radius 2 is 2.13 bits per heavy atom. The van der Waals surface area contributed by atoms with Crippen LogP contribution in [0, 0.1) is 0 Å². The van der Waals surface area contributed by atoms with E-state index in [0.717, 1.165) is 24.5 Å². The molecule has 4 heteroatoms. The highest BCUT2D eigenvalue weighted by Crippen LogP contribution is 2.09. The van der Waals surface area contributed by atoms with Gasteiger partial charge in [0.25, 0.3) is 0 Å². The smallest absolute Gasteiger partial charge is 0.0648 e. The molecule has 1 heterocycles. The van der Waals surface area contributed by atoms with Crippen LogP contribution in [0.3, 0.4) is 0 Å². The fourth-order valence-electron chi connectivity index (χ4n) is 1.32. The highest BCUT2D eigenvalue weighted by molar-refractivity contribution is 6.16. The molecule has 15 heavy (non-hydrogen) atoms. The molecule has 0 saturated carbocycles. The Hall–Kier alpha value is -0.800. The molecule has 0 aromatic carbocycles. The third kappa shape index (κ3) is 5.00. The summed E-state index contributed by atoms with van der Waals surface area (Å²) in [5, 5.41) is 6.48. The van der Waals surface area contributed by atoms with E-state index in [9.17, 15) is 0 Å². The number of halogens is 1. The molecule has 1 aromatic heterocycles. The second-order valence-electron chi connectivity index (χ2n) is 3.41. The number of nitrogens with zero attached hydrogens (tertiary/aromatic N) is 1. The SMILES string of the molecule is CNCCCCNc1ccnc(CCl)c1. The Morgan fingerprint density at radius 1 is 1.33 bits per heavy atom. The average Bonchev–Trinajstić information content (AvgIpc) is 2.29. The molecule has 3 nitrogen and oxygen atoms in total. The molecular weight excluding hydrogens is 210 g/mol. The lowest BCUT2D eigenvalue weighted by molar-refractivity contribution is 0.694. The topological polar surface area (TPSA) is 37.0 Å². The van der Waals surface area contributed by atoms with Gasteiger partial charge in [-0.05, 0) is 38.6 Å². The van der Waals surface area contributed by atoms with E-state index < -0.39 is 0 Å². The molecule has 1 aromatic rings. The zero-order valence-electron chi connectivity index (χ0n) is 9.09. The van der Waals surface area contributed by atoms with E-state index in [4.69, 9.17) is 11.6 Å². The van der Waals surface area contributed by atoms with Gasteiger partial charge in [-0.2, -0.15) is 0 Å². The van der Waals surface area contributed by atoms with Crippen LogP contribution in [0.5, 0.6) is 0 Å². The first-order chi connectivity index (χ1) is 7.36. The minimum absolute atomic E-state index is 0.468. The molecule has 1 rings (SSSR count). The predicted octanol–water partition coefficient (Wildman–Crippen LogP) is 2.23. The standard InChI is InChI=1S/C11H18ClN3/c1-13-5-2-3-6-14-10-4-7-15-11(8-10)9-12/h4,7-8,13H,2-3,5-6,9H2,1H3,(H,14,15). The molecule has 0 aliphatic rings. The van der Waals surface area contributed by atoms with Gasteiger partial charge in [0.1, 0.15) is 0 Å². The summed E-state index contributed by atoms with van der Waals surface area (Å²) in [5.74, 6) is 0.468. The fraction of sp³-hybridized carbons (Fsp3) is 0.545. The Labute approximate surface area is 96.2 Å².